The minimum atomic E-state index is -4.98. The van der Waals surface area contributed by atoms with Crippen molar-refractivity contribution in [2.75, 3.05) is 26.2 Å². The summed E-state index contributed by atoms with van der Waals surface area (Å²) in [6.45, 7) is 6.10. The highest BCUT2D eigenvalue weighted by atomic mass is 19.4. The Kier molecular flexibility index (Phi) is 8.28. The fraction of sp³-hybridized carbons (Fsp3) is 0.484. The second-order valence-electron chi connectivity index (χ2n) is 12.0. The molecule has 1 atom stereocenters. The zero-order chi connectivity index (χ0) is 31.0. The normalized spacial score (nSPS) is 22.9. The summed E-state index contributed by atoms with van der Waals surface area (Å²) in [4.78, 5) is 29.9. The van der Waals surface area contributed by atoms with Crippen LogP contribution >= 0.6 is 0 Å². The van der Waals surface area contributed by atoms with Gasteiger partial charge >= 0.3 is 18.4 Å². The number of aromatic nitrogens is 1. The minimum absolute atomic E-state index is 0.0659. The lowest BCUT2D eigenvalue weighted by Crippen LogP contribution is -2.69. The van der Waals surface area contributed by atoms with Gasteiger partial charge in [-0.3, -0.25) is 4.79 Å². The first-order valence-corrected chi connectivity index (χ1v) is 14.5. The molecule has 2 aromatic carbocycles. The molecule has 3 N–H and O–H groups in total. The van der Waals surface area contributed by atoms with Crippen molar-refractivity contribution in [1.29, 1.82) is 0 Å². The summed E-state index contributed by atoms with van der Waals surface area (Å²) >= 11 is 0. The number of aromatic amines is 1. The smallest absolute Gasteiger partial charge is 0.361 e. The highest BCUT2D eigenvalue weighted by molar-refractivity contribution is 5.90. The van der Waals surface area contributed by atoms with Crippen LogP contribution in [0, 0.1) is 0 Å². The van der Waals surface area contributed by atoms with Crippen LogP contribution in [0.5, 0.6) is 0 Å². The number of amides is 2. The number of para-hydroxylation sites is 1. The van der Waals surface area contributed by atoms with Gasteiger partial charge < -0.3 is 20.1 Å². The van der Waals surface area contributed by atoms with Crippen LogP contribution in [0.15, 0.2) is 48.7 Å². The molecule has 3 saturated heterocycles. The van der Waals surface area contributed by atoms with Gasteiger partial charge in [0.15, 0.2) is 5.78 Å². The van der Waals surface area contributed by atoms with Crippen molar-refractivity contribution in [1.82, 2.24) is 15.6 Å². The van der Waals surface area contributed by atoms with Crippen molar-refractivity contribution in [3.8, 4) is 0 Å². The molecule has 12 heteroatoms. The largest absolute Gasteiger partial charge is 0.416 e. The monoisotopic (exact) mass is 609 g/mol. The number of urea groups is 1. The SMILES string of the molecule is CC[N+]12CCC(NC(=O)NC(Cc3c[nH]c4ccccc34)C(=O)CCc3cc(C(F)(F)F)cc(C(F)(F)F)c3)(CC1)CC2. The van der Waals surface area contributed by atoms with Crippen molar-refractivity contribution < 1.29 is 40.4 Å². The number of H-pyrrole nitrogens is 1. The Morgan fingerprint density at radius 1 is 0.953 bits per heavy atom. The number of benzene rings is 2. The summed E-state index contributed by atoms with van der Waals surface area (Å²) in [5.74, 6) is -0.488. The Hall–Kier alpha value is -3.54. The molecular weight excluding hydrogens is 574 g/mol. The molecule has 3 fully saturated rings. The summed E-state index contributed by atoms with van der Waals surface area (Å²) in [5.41, 5.74) is -1.89. The van der Waals surface area contributed by atoms with Crippen LogP contribution in [-0.2, 0) is 30.0 Å². The molecular formula is C31H35F6N4O2+. The lowest BCUT2D eigenvalue weighted by atomic mass is 9.78. The number of alkyl halides is 6. The van der Waals surface area contributed by atoms with Crippen LogP contribution in [0.3, 0.4) is 0 Å². The van der Waals surface area contributed by atoms with E-state index in [9.17, 15) is 35.9 Å². The molecule has 3 aliphatic heterocycles. The highest BCUT2D eigenvalue weighted by Crippen LogP contribution is 2.38. The average Bonchev–Trinajstić information content (AvgIpc) is 3.38. The van der Waals surface area contributed by atoms with E-state index < -0.39 is 41.3 Å². The lowest BCUT2D eigenvalue weighted by molar-refractivity contribution is -0.941. The van der Waals surface area contributed by atoms with Gasteiger partial charge in [-0.25, -0.2) is 4.79 Å². The molecule has 232 valence electrons. The number of nitrogens with zero attached hydrogens (tertiary/aromatic N) is 1. The van der Waals surface area contributed by atoms with Gasteiger partial charge in [0.1, 0.15) is 0 Å². The molecule has 4 heterocycles. The Morgan fingerprint density at radius 2 is 1.56 bits per heavy atom. The number of halogens is 6. The van der Waals surface area contributed by atoms with Crippen molar-refractivity contribution >= 4 is 22.7 Å². The molecule has 2 amide bonds. The maximum Gasteiger partial charge on any atom is 0.416 e. The van der Waals surface area contributed by atoms with Crippen LogP contribution in [0.25, 0.3) is 10.9 Å². The Morgan fingerprint density at radius 3 is 2.14 bits per heavy atom. The molecule has 6 rings (SSSR count). The number of fused-ring (bicyclic) bond motifs is 4. The van der Waals surface area contributed by atoms with E-state index in [2.05, 4.69) is 22.5 Å². The predicted octanol–water partition coefficient (Wildman–Crippen LogP) is 6.39. The molecule has 43 heavy (non-hydrogen) atoms. The van der Waals surface area contributed by atoms with E-state index in [1.807, 2.05) is 24.3 Å². The number of Topliss-reactive ketones (excluding diaryl/α,β-unsaturated/α-hetero) is 1. The number of piperidine rings is 3. The van der Waals surface area contributed by atoms with E-state index in [1.165, 1.54) is 0 Å². The standard InChI is InChI=1S/C31H34F6N4O2/c1-2-41-12-9-29(10-13-41,11-14-41)40-28(43)39-26(17-21-19-38-25-6-4-3-5-24(21)25)27(42)8-7-20-15-22(30(32,33)34)18-23(16-20)31(35,36)37/h3-6,15-16,18-19,26,38H,2,7-14,17H2,1H3,(H-,39,40,43)/p+1. The third-order valence-electron chi connectivity index (χ3n) is 9.34. The van der Waals surface area contributed by atoms with Gasteiger partial charge in [0, 0.05) is 49.2 Å². The maximum atomic E-state index is 13.5. The first-order valence-electron chi connectivity index (χ1n) is 14.5. The number of hydrogen-bond acceptors (Lipinski definition) is 2. The number of hydrogen-bond donors (Lipinski definition) is 3. The zero-order valence-corrected chi connectivity index (χ0v) is 23.8. The highest BCUT2D eigenvalue weighted by Gasteiger charge is 2.49. The van der Waals surface area contributed by atoms with E-state index in [-0.39, 0.29) is 36.4 Å². The second-order valence-corrected chi connectivity index (χ2v) is 12.0. The Balaban J connectivity index is 1.34. The number of carbonyl (C=O) groups excluding carboxylic acids is 2. The molecule has 0 radical (unpaired) electrons. The molecule has 3 aliphatic rings. The van der Waals surface area contributed by atoms with Crippen molar-refractivity contribution in [2.45, 2.75) is 69.4 Å². The van der Waals surface area contributed by atoms with E-state index in [4.69, 9.17) is 0 Å². The van der Waals surface area contributed by atoms with Crippen LogP contribution in [0.4, 0.5) is 31.1 Å². The predicted molar refractivity (Wildman–Crippen MR) is 149 cm³/mol. The van der Waals surface area contributed by atoms with Crippen molar-refractivity contribution in [3.05, 3.63) is 70.9 Å². The number of ketones is 1. The number of rotatable bonds is 9. The minimum Gasteiger partial charge on any atom is -0.361 e. The molecule has 6 nitrogen and oxygen atoms in total. The molecule has 1 aromatic heterocycles. The first kappa shape index (κ1) is 30.9. The topological polar surface area (TPSA) is 74.0 Å². The second kappa shape index (κ2) is 11.5. The number of nitrogens with one attached hydrogen (secondary N) is 3. The van der Waals surface area contributed by atoms with Gasteiger partial charge in [0.2, 0.25) is 0 Å². The summed E-state index contributed by atoms with van der Waals surface area (Å²) in [6, 6.07) is 7.21. The third kappa shape index (κ3) is 6.84. The fourth-order valence-corrected chi connectivity index (χ4v) is 6.53. The molecule has 0 saturated carbocycles. The third-order valence-corrected chi connectivity index (χ3v) is 9.34. The Labute approximate surface area is 245 Å². The first-order chi connectivity index (χ1) is 20.2. The lowest BCUT2D eigenvalue weighted by Gasteiger charge is -2.54. The molecule has 1 unspecified atom stereocenters. The van der Waals surface area contributed by atoms with E-state index in [0.29, 0.717) is 12.1 Å². The van der Waals surface area contributed by atoms with Gasteiger partial charge in [-0.15, -0.1) is 0 Å². The van der Waals surface area contributed by atoms with E-state index >= 15 is 0 Å². The summed E-state index contributed by atoms with van der Waals surface area (Å²) < 4.78 is 81.1. The number of carbonyl (C=O) groups is 2. The van der Waals surface area contributed by atoms with Crippen LogP contribution in [-0.4, -0.2) is 59.0 Å². The maximum absolute atomic E-state index is 13.5. The van der Waals surface area contributed by atoms with Gasteiger partial charge in [-0.05, 0) is 48.7 Å². The van der Waals surface area contributed by atoms with Gasteiger partial charge in [0.05, 0.1) is 48.9 Å². The zero-order valence-electron chi connectivity index (χ0n) is 23.8. The summed E-state index contributed by atoms with van der Waals surface area (Å²) in [7, 11) is 0. The molecule has 0 aliphatic carbocycles. The van der Waals surface area contributed by atoms with Gasteiger partial charge in [0.25, 0.3) is 0 Å². The van der Waals surface area contributed by atoms with Gasteiger partial charge in [-0.1, -0.05) is 18.2 Å². The van der Waals surface area contributed by atoms with Gasteiger partial charge in [-0.2, -0.15) is 26.3 Å². The molecule has 2 bridgehead atoms. The number of quaternary nitrogens is 1. The summed E-state index contributed by atoms with van der Waals surface area (Å²) in [5, 5.41) is 6.76. The van der Waals surface area contributed by atoms with E-state index in [1.54, 1.807) is 6.20 Å². The molecule has 3 aromatic rings. The molecule has 0 spiro atoms. The fourth-order valence-electron chi connectivity index (χ4n) is 6.53. The summed E-state index contributed by atoms with van der Waals surface area (Å²) in [6.07, 6.45) is -6.35. The van der Waals surface area contributed by atoms with Crippen molar-refractivity contribution in [2.24, 2.45) is 0 Å². The Bertz CT molecular complexity index is 1440. The quantitative estimate of drug-likeness (QED) is 0.194. The number of aryl methyl sites for hydroxylation is 1. The van der Waals surface area contributed by atoms with Crippen LogP contribution < -0.4 is 10.6 Å². The van der Waals surface area contributed by atoms with Crippen LogP contribution in [0.2, 0.25) is 0 Å². The average molecular weight is 610 g/mol. The van der Waals surface area contributed by atoms with Crippen molar-refractivity contribution in [3.63, 3.8) is 0 Å². The van der Waals surface area contributed by atoms with E-state index in [0.717, 1.165) is 66.4 Å². The van der Waals surface area contributed by atoms with Crippen LogP contribution in [0.1, 0.15) is 54.9 Å².